The largest absolute Gasteiger partial charge is 0.493 e. The van der Waals surface area contributed by atoms with E-state index >= 15 is 0 Å². The Balaban J connectivity index is 1.93. The number of rotatable bonds is 4. The second-order valence-electron chi connectivity index (χ2n) is 5.50. The molecular weight excluding hydrogens is 281 g/mol. The van der Waals surface area contributed by atoms with Gasteiger partial charge in [-0.2, -0.15) is 0 Å². The monoisotopic (exact) mass is 301 g/mol. The Hall–Kier alpha value is -2.07. The van der Waals surface area contributed by atoms with Crippen LogP contribution in [0.4, 0.5) is 4.39 Å². The van der Waals surface area contributed by atoms with Crippen LogP contribution in [0.2, 0.25) is 0 Å². The standard InChI is InChI=1S/C18H20FNO2/c1-21-17-10-13-6-7-20-16(15(13)11-18(17)22-2)9-12-4-3-5-14(19)8-12/h3-5,8,10-11,16,20H,6-7,9H2,1-2H3. The van der Waals surface area contributed by atoms with Crippen molar-refractivity contribution in [3.05, 3.63) is 58.9 Å². The maximum absolute atomic E-state index is 13.4. The van der Waals surface area contributed by atoms with E-state index < -0.39 is 0 Å². The first kappa shape index (κ1) is 14.9. The number of hydrogen-bond acceptors (Lipinski definition) is 3. The molecule has 2 aromatic rings. The highest BCUT2D eigenvalue weighted by molar-refractivity contribution is 5.49. The molecule has 1 aliphatic heterocycles. The first-order chi connectivity index (χ1) is 10.7. The van der Waals surface area contributed by atoms with Crippen molar-refractivity contribution >= 4 is 0 Å². The minimum atomic E-state index is -0.194. The van der Waals surface area contributed by atoms with E-state index in [0.717, 1.165) is 36.4 Å². The number of halogens is 1. The predicted octanol–water partition coefficient (Wildman–Crippen LogP) is 3.27. The zero-order chi connectivity index (χ0) is 15.5. The summed E-state index contributed by atoms with van der Waals surface area (Å²) in [6, 6.07) is 11.0. The third kappa shape index (κ3) is 2.92. The van der Waals surface area contributed by atoms with Gasteiger partial charge in [0.05, 0.1) is 14.2 Å². The van der Waals surface area contributed by atoms with Gasteiger partial charge in [-0.3, -0.25) is 0 Å². The molecule has 0 saturated heterocycles. The Kier molecular flexibility index (Phi) is 4.29. The highest BCUT2D eigenvalue weighted by atomic mass is 19.1. The summed E-state index contributed by atoms with van der Waals surface area (Å²) in [5.74, 6) is 1.29. The lowest BCUT2D eigenvalue weighted by Crippen LogP contribution is -2.31. The molecule has 0 aliphatic carbocycles. The SMILES string of the molecule is COc1cc2c(cc1OC)C(Cc1cccc(F)c1)NCC2. The van der Waals surface area contributed by atoms with Crippen molar-refractivity contribution in [1.82, 2.24) is 5.32 Å². The van der Waals surface area contributed by atoms with Gasteiger partial charge in [-0.15, -0.1) is 0 Å². The topological polar surface area (TPSA) is 30.5 Å². The lowest BCUT2D eigenvalue weighted by atomic mass is 9.90. The van der Waals surface area contributed by atoms with Gasteiger partial charge >= 0.3 is 0 Å². The molecule has 22 heavy (non-hydrogen) atoms. The summed E-state index contributed by atoms with van der Waals surface area (Å²) in [5.41, 5.74) is 3.45. The van der Waals surface area contributed by atoms with Crippen LogP contribution in [-0.4, -0.2) is 20.8 Å². The number of benzene rings is 2. The average molecular weight is 301 g/mol. The van der Waals surface area contributed by atoms with Crippen LogP contribution in [0.1, 0.15) is 22.7 Å². The van der Waals surface area contributed by atoms with Crippen molar-refractivity contribution in [2.75, 3.05) is 20.8 Å². The first-order valence-corrected chi connectivity index (χ1v) is 7.44. The zero-order valence-electron chi connectivity index (χ0n) is 12.9. The first-order valence-electron chi connectivity index (χ1n) is 7.44. The van der Waals surface area contributed by atoms with E-state index in [9.17, 15) is 4.39 Å². The number of nitrogens with one attached hydrogen (secondary N) is 1. The molecule has 0 spiro atoms. The third-order valence-electron chi connectivity index (χ3n) is 4.13. The second-order valence-corrected chi connectivity index (χ2v) is 5.50. The van der Waals surface area contributed by atoms with E-state index in [-0.39, 0.29) is 11.9 Å². The summed E-state index contributed by atoms with van der Waals surface area (Å²) in [7, 11) is 3.29. The van der Waals surface area contributed by atoms with Crippen molar-refractivity contribution < 1.29 is 13.9 Å². The number of methoxy groups -OCH3 is 2. The molecule has 0 aromatic heterocycles. The molecule has 1 heterocycles. The Bertz CT molecular complexity index is 672. The van der Waals surface area contributed by atoms with E-state index in [1.54, 1.807) is 26.4 Å². The summed E-state index contributed by atoms with van der Waals surface area (Å²) >= 11 is 0. The molecule has 0 fully saturated rings. The normalized spacial score (nSPS) is 17.0. The molecule has 1 N–H and O–H groups in total. The molecule has 116 valence electrons. The lowest BCUT2D eigenvalue weighted by Gasteiger charge is -2.28. The minimum Gasteiger partial charge on any atom is -0.493 e. The van der Waals surface area contributed by atoms with E-state index in [2.05, 4.69) is 5.32 Å². The van der Waals surface area contributed by atoms with Crippen molar-refractivity contribution in [3.8, 4) is 11.5 Å². The van der Waals surface area contributed by atoms with Crippen LogP contribution in [-0.2, 0) is 12.8 Å². The molecule has 3 nitrogen and oxygen atoms in total. The van der Waals surface area contributed by atoms with Gasteiger partial charge in [0.15, 0.2) is 11.5 Å². The summed E-state index contributed by atoms with van der Waals surface area (Å²) < 4.78 is 24.2. The van der Waals surface area contributed by atoms with Gasteiger partial charge < -0.3 is 14.8 Å². The number of hydrogen-bond donors (Lipinski definition) is 1. The molecule has 4 heteroatoms. The van der Waals surface area contributed by atoms with Gasteiger partial charge in [0.25, 0.3) is 0 Å². The Morgan fingerprint density at radius 3 is 2.64 bits per heavy atom. The van der Waals surface area contributed by atoms with Crippen LogP contribution < -0.4 is 14.8 Å². The van der Waals surface area contributed by atoms with Gasteiger partial charge in [-0.05, 0) is 60.3 Å². The van der Waals surface area contributed by atoms with Crippen molar-refractivity contribution in [2.45, 2.75) is 18.9 Å². The summed E-state index contributed by atoms with van der Waals surface area (Å²) in [4.78, 5) is 0. The molecule has 3 rings (SSSR count). The van der Waals surface area contributed by atoms with Crippen molar-refractivity contribution in [2.24, 2.45) is 0 Å². The second kappa shape index (κ2) is 6.36. The smallest absolute Gasteiger partial charge is 0.161 e. The molecule has 0 amide bonds. The molecule has 1 unspecified atom stereocenters. The Morgan fingerprint density at radius 2 is 1.91 bits per heavy atom. The van der Waals surface area contributed by atoms with Gasteiger partial charge in [0.2, 0.25) is 0 Å². The van der Waals surface area contributed by atoms with Crippen LogP contribution in [0, 0.1) is 5.82 Å². The molecule has 0 radical (unpaired) electrons. The van der Waals surface area contributed by atoms with Gasteiger partial charge in [0, 0.05) is 6.04 Å². The van der Waals surface area contributed by atoms with Crippen LogP contribution in [0.3, 0.4) is 0 Å². The van der Waals surface area contributed by atoms with Crippen LogP contribution >= 0.6 is 0 Å². The van der Waals surface area contributed by atoms with Crippen molar-refractivity contribution in [1.29, 1.82) is 0 Å². The minimum absolute atomic E-state index is 0.158. The quantitative estimate of drug-likeness (QED) is 0.940. The molecule has 1 aliphatic rings. The van der Waals surface area contributed by atoms with Gasteiger partial charge in [-0.25, -0.2) is 4.39 Å². The average Bonchev–Trinajstić information content (AvgIpc) is 2.54. The number of fused-ring (bicyclic) bond motifs is 1. The van der Waals surface area contributed by atoms with Gasteiger partial charge in [-0.1, -0.05) is 12.1 Å². The van der Waals surface area contributed by atoms with Crippen molar-refractivity contribution in [3.63, 3.8) is 0 Å². The molecule has 1 atom stereocenters. The predicted molar refractivity (Wildman–Crippen MR) is 84.1 cm³/mol. The van der Waals surface area contributed by atoms with E-state index in [0.29, 0.717) is 0 Å². The third-order valence-corrected chi connectivity index (χ3v) is 4.13. The summed E-state index contributed by atoms with van der Waals surface area (Å²) in [5, 5.41) is 3.51. The molecule has 2 aromatic carbocycles. The summed E-state index contributed by atoms with van der Waals surface area (Å²) in [6.07, 6.45) is 1.70. The number of ether oxygens (including phenoxy) is 2. The van der Waals surface area contributed by atoms with Crippen LogP contribution in [0.5, 0.6) is 11.5 Å². The van der Waals surface area contributed by atoms with E-state index in [1.807, 2.05) is 18.2 Å². The van der Waals surface area contributed by atoms with Crippen LogP contribution in [0.15, 0.2) is 36.4 Å². The Labute approximate surface area is 130 Å². The lowest BCUT2D eigenvalue weighted by molar-refractivity contribution is 0.352. The van der Waals surface area contributed by atoms with Gasteiger partial charge in [0.1, 0.15) is 5.82 Å². The zero-order valence-corrected chi connectivity index (χ0v) is 12.9. The summed E-state index contributed by atoms with van der Waals surface area (Å²) in [6.45, 7) is 0.905. The highest BCUT2D eigenvalue weighted by Crippen LogP contribution is 2.36. The molecule has 0 bridgehead atoms. The highest BCUT2D eigenvalue weighted by Gasteiger charge is 2.22. The van der Waals surface area contributed by atoms with Crippen LogP contribution in [0.25, 0.3) is 0 Å². The molecule has 0 saturated carbocycles. The fourth-order valence-corrected chi connectivity index (χ4v) is 3.05. The fourth-order valence-electron chi connectivity index (χ4n) is 3.05. The Morgan fingerprint density at radius 1 is 1.14 bits per heavy atom. The van der Waals surface area contributed by atoms with E-state index in [4.69, 9.17) is 9.47 Å². The van der Waals surface area contributed by atoms with E-state index in [1.165, 1.54) is 17.2 Å². The maximum atomic E-state index is 13.4. The maximum Gasteiger partial charge on any atom is 0.161 e. The molecular formula is C18H20FNO2. The fraction of sp³-hybridized carbons (Fsp3) is 0.333.